The van der Waals surface area contributed by atoms with E-state index in [-0.39, 0.29) is 5.97 Å². The van der Waals surface area contributed by atoms with Crippen LogP contribution in [0.1, 0.15) is 52.4 Å². The standard InChI is InChI=1S/C11H21O2/c1-3-5-6-7-8-9-10-11(12)13-4-2/h10H,3-9H2,1-2H3. The lowest BCUT2D eigenvalue weighted by Crippen LogP contribution is -2.03. The molecule has 1 radical (unpaired) electrons. The number of unbranched alkanes of at least 4 members (excludes halogenated alkanes) is 5. The lowest BCUT2D eigenvalue weighted by atomic mass is 10.1. The number of hydrogen-bond acceptors (Lipinski definition) is 2. The first-order chi connectivity index (χ1) is 6.31. The van der Waals surface area contributed by atoms with Crippen LogP contribution in [0.4, 0.5) is 0 Å². The lowest BCUT2D eigenvalue weighted by Gasteiger charge is -2.00. The van der Waals surface area contributed by atoms with Crippen LogP contribution in [-0.2, 0) is 9.53 Å². The third kappa shape index (κ3) is 9.38. The average molecular weight is 185 g/mol. The van der Waals surface area contributed by atoms with Gasteiger partial charge in [-0.3, -0.25) is 4.79 Å². The highest BCUT2D eigenvalue weighted by Crippen LogP contribution is 2.06. The van der Waals surface area contributed by atoms with Gasteiger partial charge in [-0.05, 0) is 13.3 Å². The molecule has 0 N–H and O–H groups in total. The van der Waals surface area contributed by atoms with Crippen molar-refractivity contribution in [1.82, 2.24) is 0 Å². The molecule has 2 nitrogen and oxygen atoms in total. The van der Waals surface area contributed by atoms with Gasteiger partial charge in [0.15, 0.2) is 0 Å². The predicted octanol–water partition coefficient (Wildman–Crippen LogP) is 3.11. The van der Waals surface area contributed by atoms with Gasteiger partial charge in [-0.15, -0.1) is 0 Å². The first-order valence-corrected chi connectivity index (χ1v) is 5.31. The SMILES string of the molecule is CCCCCCC[CH]C(=O)OCC. The van der Waals surface area contributed by atoms with E-state index >= 15 is 0 Å². The van der Waals surface area contributed by atoms with Gasteiger partial charge in [0.2, 0.25) is 0 Å². The molecule has 0 aliphatic heterocycles. The number of carbonyl (C=O) groups is 1. The van der Waals surface area contributed by atoms with Crippen molar-refractivity contribution >= 4 is 5.97 Å². The van der Waals surface area contributed by atoms with Gasteiger partial charge in [-0.2, -0.15) is 0 Å². The molecule has 0 aromatic rings. The molecule has 77 valence electrons. The molecular weight excluding hydrogens is 164 g/mol. The molecule has 0 aliphatic carbocycles. The van der Waals surface area contributed by atoms with Crippen LogP contribution in [-0.4, -0.2) is 12.6 Å². The quantitative estimate of drug-likeness (QED) is 0.429. The van der Waals surface area contributed by atoms with E-state index in [1.807, 2.05) is 6.92 Å². The van der Waals surface area contributed by atoms with Crippen molar-refractivity contribution < 1.29 is 9.53 Å². The Morgan fingerprint density at radius 2 is 1.85 bits per heavy atom. The van der Waals surface area contributed by atoms with Gasteiger partial charge in [-0.25, -0.2) is 0 Å². The van der Waals surface area contributed by atoms with Crippen LogP contribution in [0.2, 0.25) is 0 Å². The monoisotopic (exact) mass is 185 g/mol. The number of ether oxygens (including phenoxy) is 1. The Morgan fingerprint density at radius 3 is 2.46 bits per heavy atom. The maximum atomic E-state index is 10.9. The number of rotatable bonds is 8. The van der Waals surface area contributed by atoms with Gasteiger partial charge >= 0.3 is 5.97 Å². The molecule has 0 spiro atoms. The molecule has 13 heavy (non-hydrogen) atoms. The third-order valence-electron chi connectivity index (χ3n) is 1.91. The summed E-state index contributed by atoms with van der Waals surface area (Å²) in [6, 6.07) is 0. The van der Waals surface area contributed by atoms with E-state index in [0.717, 1.165) is 12.8 Å². The number of hydrogen-bond donors (Lipinski definition) is 0. The number of esters is 1. The molecule has 0 heterocycles. The van der Waals surface area contributed by atoms with E-state index in [0.29, 0.717) is 6.61 Å². The average Bonchev–Trinajstić information content (AvgIpc) is 2.11. The highest BCUT2D eigenvalue weighted by molar-refractivity contribution is 5.78. The summed E-state index contributed by atoms with van der Waals surface area (Å²) in [5.41, 5.74) is 0. The van der Waals surface area contributed by atoms with E-state index in [2.05, 4.69) is 6.92 Å². The molecule has 0 saturated carbocycles. The van der Waals surface area contributed by atoms with E-state index in [9.17, 15) is 4.79 Å². The smallest absolute Gasteiger partial charge is 0.309 e. The van der Waals surface area contributed by atoms with Crippen molar-refractivity contribution in [3.8, 4) is 0 Å². The van der Waals surface area contributed by atoms with E-state index < -0.39 is 0 Å². The van der Waals surface area contributed by atoms with Crippen LogP contribution in [0.15, 0.2) is 0 Å². The molecule has 0 bridgehead atoms. The minimum Gasteiger partial charge on any atom is -0.466 e. The molecule has 0 rings (SSSR count). The Labute approximate surface area is 81.7 Å². The van der Waals surface area contributed by atoms with Crippen molar-refractivity contribution in [2.45, 2.75) is 52.4 Å². The summed E-state index contributed by atoms with van der Waals surface area (Å²) in [7, 11) is 0. The van der Waals surface area contributed by atoms with Crippen LogP contribution in [0, 0.1) is 6.42 Å². The minimum absolute atomic E-state index is 0.169. The summed E-state index contributed by atoms with van der Waals surface area (Å²) in [5.74, 6) is -0.169. The van der Waals surface area contributed by atoms with Crippen molar-refractivity contribution in [3.63, 3.8) is 0 Å². The first kappa shape index (κ1) is 12.5. The molecule has 0 atom stereocenters. The topological polar surface area (TPSA) is 26.3 Å². The fourth-order valence-corrected chi connectivity index (χ4v) is 1.17. The Hall–Kier alpha value is -0.530. The Morgan fingerprint density at radius 1 is 1.15 bits per heavy atom. The van der Waals surface area contributed by atoms with E-state index in [1.54, 1.807) is 6.42 Å². The van der Waals surface area contributed by atoms with Crippen LogP contribution >= 0.6 is 0 Å². The van der Waals surface area contributed by atoms with Gasteiger partial charge in [-0.1, -0.05) is 39.0 Å². The fourth-order valence-electron chi connectivity index (χ4n) is 1.17. The van der Waals surface area contributed by atoms with Gasteiger partial charge in [0, 0.05) is 0 Å². The Kier molecular flexibility index (Phi) is 9.17. The molecular formula is C11H21O2. The molecule has 0 fully saturated rings. The Balaban J connectivity index is 3.02. The largest absolute Gasteiger partial charge is 0.466 e. The molecule has 0 aromatic heterocycles. The molecule has 0 aromatic carbocycles. The summed E-state index contributed by atoms with van der Waals surface area (Å²) < 4.78 is 4.78. The van der Waals surface area contributed by atoms with Crippen LogP contribution < -0.4 is 0 Å². The van der Waals surface area contributed by atoms with E-state index in [4.69, 9.17) is 4.74 Å². The van der Waals surface area contributed by atoms with Crippen molar-refractivity contribution in [2.75, 3.05) is 6.61 Å². The molecule has 0 unspecified atom stereocenters. The zero-order valence-electron chi connectivity index (χ0n) is 8.84. The van der Waals surface area contributed by atoms with E-state index in [1.165, 1.54) is 25.7 Å². The highest BCUT2D eigenvalue weighted by atomic mass is 16.5. The summed E-state index contributed by atoms with van der Waals surface area (Å²) >= 11 is 0. The van der Waals surface area contributed by atoms with Crippen LogP contribution in [0.5, 0.6) is 0 Å². The van der Waals surface area contributed by atoms with Gasteiger partial charge in [0.1, 0.15) is 0 Å². The van der Waals surface area contributed by atoms with Crippen molar-refractivity contribution in [3.05, 3.63) is 6.42 Å². The summed E-state index contributed by atoms with van der Waals surface area (Å²) in [5, 5.41) is 0. The zero-order chi connectivity index (χ0) is 9.94. The fraction of sp³-hybridized carbons (Fsp3) is 0.818. The first-order valence-electron chi connectivity index (χ1n) is 5.31. The van der Waals surface area contributed by atoms with Gasteiger partial charge in [0.25, 0.3) is 0 Å². The zero-order valence-corrected chi connectivity index (χ0v) is 8.84. The van der Waals surface area contributed by atoms with Crippen molar-refractivity contribution in [1.29, 1.82) is 0 Å². The normalized spacial score (nSPS) is 10.0. The molecule has 2 heteroatoms. The minimum atomic E-state index is -0.169. The highest BCUT2D eigenvalue weighted by Gasteiger charge is 2.00. The molecule has 0 amide bonds. The van der Waals surface area contributed by atoms with Crippen molar-refractivity contribution in [2.24, 2.45) is 0 Å². The maximum Gasteiger partial charge on any atom is 0.309 e. The second kappa shape index (κ2) is 9.56. The van der Waals surface area contributed by atoms with Gasteiger partial charge < -0.3 is 4.74 Å². The van der Waals surface area contributed by atoms with Gasteiger partial charge in [0.05, 0.1) is 13.0 Å². The lowest BCUT2D eigenvalue weighted by molar-refractivity contribution is -0.139. The number of carbonyl (C=O) groups excluding carboxylic acids is 1. The second-order valence-electron chi connectivity index (χ2n) is 3.16. The maximum absolute atomic E-state index is 10.9. The summed E-state index contributed by atoms with van der Waals surface area (Å²) in [6.07, 6.45) is 8.70. The second-order valence-corrected chi connectivity index (χ2v) is 3.16. The van der Waals surface area contributed by atoms with Crippen LogP contribution in [0.3, 0.4) is 0 Å². The Bertz CT molecular complexity index is 121. The molecule has 0 saturated heterocycles. The summed E-state index contributed by atoms with van der Waals surface area (Å²) in [6.45, 7) is 4.50. The predicted molar refractivity (Wildman–Crippen MR) is 54.3 cm³/mol. The third-order valence-corrected chi connectivity index (χ3v) is 1.91. The summed E-state index contributed by atoms with van der Waals surface area (Å²) in [4.78, 5) is 10.9. The molecule has 0 aliphatic rings. The van der Waals surface area contributed by atoms with Crippen LogP contribution in [0.25, 0.3) is 0 Å².